The van der Waals surface area contributed by atoms with Crippen LogP contribution in [-0.4, -0.2) is 4.98 Å². The van der Waals surface area contributed by atoms with Crippen molar-refractivity contribution in [3.8, 4) is 11.3 Å². The molecule has 2 aromatic heterocycles. The summed E-state index contributed by atoms with van der Waals surface area (Å²) < 4.78 is 5.71. The van der Waals surface area contributed by atoms with Crippen LogP contribution >= 0.6 is 11.6 Å². The molecule has 0 atom stereocenters. The van der Waals surface area contributed by atoms with Gasteiger partial charge in [0.05, 0.1) is 0 Å². The van der Waals surface area contributed by atoms with E-state index in [1.807, 2.05) is 24.3 Å². The van der Waals surface area contributed by atoms with Gasteiger partial charge in [-0.15, -0.1) is 0 Å². The summed E-state index contributed by atoms with van der Waals surface area (Å²) in [6.07, 6.45) is 1.69. The van der Waals surface area contributed by atoms with Crippen molar-refractivity contribution in [2.75, 3.05) is 5.73 Å². The summed E-state index contributed by atoms with van der Waals surface area (Å²) in [5.74, 6) is 1.25. The maximum atomic E-state index is 5.92. The van der Waals surface area contributed by atoms with E-state index < -0.39 is 0 Å². The maximum absolute atomic E-state index is 5.92. The molecule has 0 amide bonds. The minimum absolute atomic E-state index is 0.493. The number of nitrogen functional groups attached to an aromatic ring is 1. The van der Waals surface area contributed by atoms with Crippen molar-refractivity contribution < 1.29 is 4.42 Å². The molecule has 17 heavy (non-hydrogen) atoms. The van der Waals surface area contributed by atoms with E-state index in [4.69, 9.17) is 21.8 Å². The molecule has 0 aliphatic rings. The van der Waals surface area contributed by atoms with E-state index in [-0.39, 0.29) is 0 Å². The van der Waals surface area contributed by atoms with E-state index >= 15 is 0 Å². The van der Waals surface area contributed by atoms with Gasteiger partial charge in [-0.05, 0) is 36.4 Å². The van der Waals surface area contributed by atoms with Gasteiger partial charge in [-0.25, -0.2) is 4.98 Å². The first-order valence-electron chi connectivity index (χ1n) is 5.13. The average molecular weight is 245 g/mol. The molecule has 0 aliphatic heterocycles. The van der Waals surface area contributed by atoms with Gasteiger partial charge in [-0.3, -0.25) is 0 Å². The molecule has 0 aliphatic carbocycles. The number of anilines is 1. The van der Waals surface area contributed by atoms with Crippen molar-refractivity contribution in [1.29, 1.82) is 0 Å². The second kappa shape index (κ2) is 3.79. The van der Waals surface area contributed by atoms with Crippen LogP contribution in [0.2, 0.25) is 5.02 Å². The molecule has 3 nitrogen and oxygen atoms in total. The first-order valence-corrected chi connectivity index (χ1v) is 5.51. The van der Waals surface area contributed by atoms with Gasteiger partial charge in [0.2, 0.25) is 0 Å². The Labute approximate surface area is 103 Å². The first kappa shape index (κ1) is 10.2. The van der Waals surface area contributed by atoms with Gasteiger partial charge in [0.25, 0.3) is 0 Å². The quantitative estimate of drug-likeness (QED) is 0.710. The lowest BCUT2D eigenvalue weighted by molar-refractivity contribution is 0.631. The molecule has 2 N–H and O–H groups in total. The maximum Gasteiger partial charge on any atom is 0.136 e. The van der Waals surface area contributed by atoms with Crippen molar-refractivity contribution in [3.63, 3.8) is 0 Å². The van der Waals surface area contributed by atoms with Crippen molar-refractivity contribution in [2.45, 2.75) is 0 Å². The van der Waals surface area contributed by atoms with E-state index in [9.17, 15) is 0 Å². The fraction of sp³-hybridized carbons (Fsp3) is 0. The number of hydrogen-bond donors (Lipinski definition) is 1. The summed E-state index contributed by atoms with van der Waals surface area (Å²) in [5.41, 5.74) is 7.24. The Morgan fingerprint density at radius 2 is 2.00 bits per heavy atom. The first-order chi connectivity index (χ1) is 8.22. The SMILES string of the molecule is Nc1ccc(-c2cc3cc(Cl)ccc3o2)cn1. The number of hydrogen-bond acceptors (Lipinski definition) is 3. The van der Waals surface area contributed by atoms with Crippen LogP contribution in [0.25, 0.3) is 22.3 Å². The van der Waals surface area contributed by atoms with E-state index in [1.54, 1.807) is 18.3 Å². The Bertz CT molecular complexity index is 673. The van der Waals surface area contributed by atoms with E-state index in [0.717, 1.165) is 22.3 Å². The molecule has 0 radical (unpaired) electrons. The lowest BCUT2D eigenvalue weighted by Crippen LogP contribution is -1.87. The number of furan rings is 1. The normalized spacial score (nSPS) is 10.9. The molecule has 0 unspecified atom stereocenters. The molecule has 84 valence electrons. The molecule has 0 fully saturated rings. The zero-order chi connectivity index (χ0) is 11.8. The summed E-state index contributed by atoms with van der Waals surface area (Å²) in [7, 11) is 0. The molecule has 2 heterocycles. The van der Waals surface area contributed by atoms with Crippen molar-refractivity contribution in [1.82, 2.24) is 4.98 Å². The van der Waals surface area contributed by atoms with Crippen LogP contribution in [0.1, 0.15) is 0 Å². The smallest absolute Gasteiger partial charge is 0.136 e. The Hall–Kier alpha value is -2.00. The van der Waals surface area contributed by atoms with E-state index in [2.05, 4.69) is 4.98 Å². The van der Waals surface area contributed by atoms with Crippen molar-refractivity contribution in [2.24, 2.45) is 0 Å². The van der Waals surface area contributed by atoms with Gasteiger partial charge in [0.1, 0.15) is 17.2 Å². The van der Waals surface area contributed by atoms with Crippen LogP contribution in [0.15, 0.2) is 47.0 Å². The van der Waals surface area contributed by atoms with Crippen LogP contribution in [0.4, 0.5) is 5.82 Å². The zero-order valence-electron chi connectivity index (χ0n) is 8.85. The molecule has 1 aromatic carbocycles. The Balaban J connectivity index is 2.14. The lowest BCUT2D eigenvalue weighted by atomic mass is 10.2. The third-order valence-electron chi connectivity index (χ3n) is 2.55. The number of nitrogens with two attached hydrogens (primary N) is 1. The number of pyridine rings is 1. The standard InChI is InChI=1S/C13H9ClN2O/c14-10-2-3-11-9(5-10)6-12(17-11)8-1-4-13(15)16-7-8/h1-7H,(H2,15,16). The molecule has 0 bridgehead atoms. The topological polar surface area (TPSA) is 52.0 Å². The predicted octanol–water partition coefficient (Wildman–Crippen LogP) is 3.73. The molecule has 4 heteroatoms. The van der Waals surface area contributed by atoms with E-state index in [0.29, 0.717) is 10.8 Å². The summed E-state index contributed by atoms with van der Waals surface area (Å²) in [4.78, 5) is 4.03. The molecular formula is C13H9ClN2O. The monoisotopic (exact) mass is 244 g/mol. The van der Waals surface area contributed by atoms with Crippen LogP contribution in [0, 0.1) is 0 Å². The number of halogens is 1. The van der Waals surface area contributed by atoms with Crippen LogP contribution < -0.4 is 5.73 Å². The molecule has 3 aromatic rings. The number of fused-ring (bicyclic) bond motifs is 1. The zero-order valence-corrected chi connectivity index (χ0v) is 9.61. The highest BCUT2D eigenvalue weighted by atomic mass is 35.5. The molecule has 0 spiro atoms. The highest BCUT2D eigenvalue weighted by Crippen LogP contribution is 2.29. The number of benzene rings is 1. The average Bonchev–Trinajstić information content (AvgIpc) is 2.72. The van der Waals surface area contributed by atoms with Crippen molar-refractivity contribution >= 4 is 28.4 Å². The van der Waals surface area contributed by atoms with Gasteiger partial charge in [0, 0.05) is 22.2 Å². The third kappa shape index (κ3) is 1.85. The Morgan fingerprint density at radius 1 is 1.12 bits per heavy atom. The molecule has 0 saturated carbocycles. The fourth-order valence-corrected chi connectivity index (χ4v) is 1.89. The van der Waals surface area contributed by atoms with Crippen molar-refractivity contribution in [3.05, 3.63) is 47.6 Å². The molecule has 3 rings (SSSR count). The van der Waals surface area contributed by atoms with Crippen LogP contribution in [0.3, 0.4) is 0 Å². The molecular weight excluding hydrogens is 236 g/mol. The summed E-state index contributed by atoms with van der Waals surface area (Å²) in [5, 5.41) is 1.67. The predicted molar refractivity (Wildman–Crippen MR) is 68.9 cm³/mol. The number of rotatable bonds is 1. The second-order valence-electron chi connectivity index (χ2n) is 3.76. The Morgan fingerprint density at radius 3 is 2.76 bits per heavy atom. The fourth-order valence-electron chi connectivity index (χ4n) is 1.71. The third-order valence-corrected chi connectivity index (χ3v) is 2.78. The largest absolute Gasteiger partial charge is 0.456 e. The summed E-state index contributed by atoms with van der Waals surface area (Å²) in [6, 6.07) is 11.1. The Kier molecular flexibility index (Phi) is 2.27. The summed E-state index contributed by atoms with van der Waals surface area (Å²) >= 11 is 5.92. The molecule has 0 saturated heterocycles. The van der Waals surface area contributed by atoms with Gasteiger partial charge in [0.15, 0.2) is 0 Å². The van der Waals surface area contributed by atoms with Crippen LogP contribution in [-0.2, 0) is 0 Å². The minimum atomic E-state index is 0.493. The lowest BCUT2D eigenvalue weighted by Gasteiger charge is -1.95. The number of nitrogens with zero attached hydrogens (tertiary/aromatic N) is 1. The summed E-state index contributed by atoms with van der Waals surface area (Å²) in [6.45, 7) is 0. The van der Waals surface area contributed by atoms with Crippen LogP contribution in [0.5, 0.6) is 0 Å². The van der Waals surface area contributed by atoms with Gasteiger partial charge in [-0.1, -0.05) is 11.6 Å². The highest BCUT2D eigenvalue weighted by molar-refractivity contribution is 6.31. The van der Waals surface area contributed by atoms with E-state index in [1.165, 1.54) is 0 Å². The van der Waals surface area contributed by atoms with Gasteiger partial charge >= 0.3 is 0 Å². The number of aromatic nitrogens is 1. The minimum Gasteiger partial charge on any atom is -0.456 e. The highest BCUT2D eigenvalue weighted by Gasteiger charge is 2.06. The van der Waals surface area contributed by atoms with Gasteiger partial charge in [-0.2, -0.15) is 0 Å². The van der Waals surface area contributed by atoms with Gasteiger partial charge < -0.3 is 10.2 Å². The second-order valence-corrected chi connectivity index (χ2v) is 4.20.